The molecule has 0 N–H and O–H groups in total. The summed E-state index contributed by atoms with van der Waals surface area (Å²) < 4.78 is 76.1. The molecule has 0 bridgehead atoms. The van der Waals surface area contributed by atoms with E-state index in [0.29, 0.717) is 6.42 Å². The Bertz CT molecular complexity index is 1340. The molecule has 2 aromatic carbocycles. The Morgan fingerprint density at radius 1 is 1.00 bits per heavy atom. The fourth-order valence-electron chi connectivity index (χ4n) is 3.83. The number of carbonyl (C=O) groups is 3. The maximum absolute atomic E-state index is 12.9. The zero-order chi connectivity index (χ0) is 27.9. The van der Waals surface area contributed by atoms with Crippen LogP contribution in [0.15, 0.2) is 30.3 Å². The maximum atomic E-state index is 12.9. The van der Waals surface area contributed by atoms with E-state index in [2.05, 4.69) is 4.28 Å². The molecule has 2 unspecified atom stereocenters. The summed E-state index contributed by atoms with van der Waals surface area (Å²) in [6, 6.07) is 6.37. The quantitative estimate of drug-likeness (QED) is 0.186. The summed E-state index contributed by atoms with van der Waals surface area (Å²) in [5, 5.41) is -0.203. The van der Waals surface area contributed by atoms with Gasteiger partial charge in [-0.2, -0.15) is 21.6 Å². The lowest BCUT2D eigenvalue weighted by Gasteiger charge is -2.28. The first-order chi connectivity index (χ1) is 17.0. The number of nitrogens with zero attached hydrogens (tertiary/aromatic N) is 1. The Kier molecular flexibility index (Phi) is 7.89. The summed E-state index contributed by atoms with van der Waals surface area (Å²) in [5.74, 6) is -2.66. The second-order valence-corrected chi connectivity index (χ2v) is 11.0. The molecule has 1 heterocycles. The van der Waals surface area contributed by atoms with Gasteiger partial charge in [-0.15, -0.1) is 9.35 Å². The summed E-state index contributed by atoms with van der Waals surface area (Å²) in [4.78, 5) is 38.2. The number of benzene rings is 2. The van der Waals surface area contributed by atoms with Gasteiger partial charge in [0.2, 0.25) is 0 Å². The lowest BCUT2D eigenvalue weighted by molar-refractivity contribution is -0.0761. The Morgan fingerprint density at radius 3 is 2.19 bits per heavy atom. The van der Waals surface area contributed by atoms with Crippen LogP contribution in [-0.2, 0) is 19.1 Å². The van der Waals surface area contributed by atoms with Crippen molar-refractivity contribution in [2.24, 2.45) is 17.8 Å². The summed E-state index contributed by atoms with van der Waals surface area (Å²) in [7, 11) is -6.32. The maximum Gasteiger partial charge on any atom is 0.525 e. The van der Waals surface area contributed by atoms with Crippen LogP contribution in [-0.4, -0.2) is 43.1 Å². The van der Waals surface area contributed by atoms with Crippen molar-refractivity contribution in [3.05, 3.63) is 41.5 Å². The first-order valence-corrected chi connectivity index (χ1v) is 12.8. The van der Waals surface area contributed by atoms with E-state index in [4.69, 9.17) is 9.47 Å². The number of halogens is 3. The van der Waals surface area contributed by atoms with Gasteiger partial charge in [-0.25, -0.2) is 4.79 Å². The first-order valence-electron chi connectivity index (χ1n) is 11.4. The fourth-order valence-corrected chi connectivity index (χ4v) is 4.25. The van der Waals surface area contributed by atoms with Crippen LogP contribution in [0.4, 0.5) is 18.0 Å². The van der Waals surface area contributed by atoms with Crippen molar-refractivity contribution in [1.82, 2.24) is 5.06 Å². The minimum Gasteiger partial charge on any atom is -0.430 e. The number of hydroxylamine groups is 2. The van der Waals surface area contributed by atoms with Gasteiger partial charge in [-0.05, 0) is 47.8 Å². The van der Waals surface area contributed by atoms with Gasteiger partial charge in [0.25, 0.3) is 11.8 Å². The number of ether oxygens (including phenoxy) is 2. The van der Waals surface area contributed by atoms with E-state index in [-0.39, 0.29) is 39.8 Å². The van der Waals surface area contributed by atoms with Gasteiger partial charge in [0.1, 0.15) is 11.9 Å². The molecule has 0 aromatic heterocycles. The number of rotatable bonds is 8. The molecule has 9 nitrogen and oxygen atoms in total. The van der Waals surface area contributed by atoms with Gasteiger partial charge in [0.15, 0.2) is 0 Å². The zero-order valence-electron chi connectivity index (χ0n) is 20.7. The third-order valence-electron chi connectivity index (χ3n) is 6.03. The summed E-state index contributed by atoms with van der Waals surface area (Å²) in [5.41, 5.74) is -6.56. The number of carbonyl (C=O) groups excluding carboxylic acids is 3. The van der Waals surface area contributed by atoms with Crippen molar-refractivity contribution >= 4 is 38.9 Å². The van der Waals surface area contributed by atoms with E-state index in [0.717, 1.165) is 6.07 Å². The van der Waals surface area contributed by atoms with E-state index in [1.807, 2.05) is 34.6 Å². The molecule has 1 aliphatic heterocycles. The SMILES string of the molecule is CC(C)CC(OC(=O)Oc1cc2c3c(cccc3c1)C(=O)N(OS(=O)(=O)C(F)(F)F)C2=O)C(C)C(C)C. The molecule has 0 fully saturated rings. The van der Waals surface area contributed by atoms with Crippen molar-refractivity contribution in [3.8, 4) is 5.75 Å². The molecule has 0 spiro atoms. The molecule has 13 heteroatoms. The highest BCUT2D eigenvalue weighted by atomic mass is 32.2. The average Bonchev–Trinajstić information content (AvgIpc) is 2.77. The number of amides is 2. The minimum atomic E-state index is -6.32. The number of hydrogen-bond donors (Lipinski definition) is 0. The molecule has 0 radical (unpaired) electrons. The number of alkyl halides is 3. The number of hydrogen-bond acceptors (Lipinski definition) is 8. The van der Waals surface area contributed by atoms with Crippen molar-refractivity contribution in [3.63, 3.8) is 0 Å². The third-order valence-corrected chi connectivity index (χ3v) is 6.94. The van der Waals surface area contributed by atoms with Crippen molar-refractivity contribution in [2.45, 2.75) is 52.7 Å². The smallest absolute Gasteiger partial charge is 0.430 e. The normalized spacial score (nSPS) is 15.9. The lowest BCUT2D eigenvalue weighted by Crippen LogP contribution is -2.44. The van der Waals surface area contributed by atoms with Crippen molar-refractivity contribution in [2.75, 3.05) is 0 Å². The fraction of sp³-hybridized carbons (Fsp3) is 0.458. The van der Waals surface area contributed by atoms with E-state index in [1.54, 1.807) is 0 Å². The Labute approximate surface area is 211 Å². The summed E-state index contributed by atoms with van der Waals surface area (Å²) in [6.45, 7) is 9.85. The zero-order valence-corrected chi connectivity index (χ0v) is 21.5. The van der Waals surface area contributed by atoms with Crippen LogP contribution in [0.5, 0.6) is 5.75 Å². The Morgan fingerprint density at radius 2 is 1.62 bits per heavy atom. The molecule has 2 atom stereocenters. The van der Waals surface area contributed by atoms with Gasteiger partial charge in [0, 0.05) is 5.39 Å². The number of imide groups is 1. The van der Waals surface area contributed by atoms with Gasteiger partial charge < -0.3 is 9.47 Å². The van der Waals surface area contributed by atoms with Crippen LogP contribution < -0.4 is 4.74 Å². The molecule has 3 rings (SSSR count). The van der Waals surface area contributed by atoms with Crippen LogP contribution >= 0.6 is 0 Å². The molecule has 1 aliphatic rings. The van der Waals surface area contributed by atoms with E-state index < -0.39 is 50.3 Å². The molecule has 0 saturated carbocycles. The molecular weight excluding hydrogens is 519 g/mol. The van der Waals surface area contributed by atoms with E-state index in [9.17, 15) is 36.0 Å². The van der Waals surface area contributed by atoms with E-state index >= 15 is 0 Å². The first kappa shape index (κ1) is 28.4. The Hall–Kier alpha value is -3.19. The van der Waals surface area contributed by atoms with Gasteiger partial charge in [-0.1, -0.05) is 46.8 Å². The highest BCUT2D eigenvalue weighted by Gasteiger charge is 2.51. The monoisotopic (exact) mass is 545 g/mol. The average molecular weight is 546 g/mol. The molecule has 2 amide bonds. The topological polar surface area (TPSA) is 116 Å². The molecule has 2 aromatic rings. The second kappa shape index (κ2) is 10.3. The van der Waals surface area contributed by atoms with Gasteiger partial charge in [-0.3, -0.25) is 9.59 Å². The predicted molar refractivity (Wildman–Crippen MR) is 125 cm³/mol. The van der Waals surface area contributed by atoms with Crippen LogP contribution in [0.25, 0.3) is 10.8 Å². The van der Waals surface area contributed by atoms with Crippen LogP contribution in [0.1, 0.15) is 61.8 Å². The highest BCUT2D eigenvalue weighted by molar-refractivity contribution is 7.87. The van der Waals surface area contributed by atoms with Crippen LogP contribution in [0.3, 0.4) is 0 Å². The second-order valence-electron chi connectivity index (χ2n) is 9.49. The summed E-state index contributed by atoms with van der Waals surface area (Å²) >= 11 is 0. The lowest BCUT2D eigenvalue weighted by atomic mass is 9.87. The minimum absolute atomic E-state index is 0.00384. The van der Waals surface area contributed by atoms with Crippen molar-refractivity contribution in [1.29, 1.82) is 0 Å². The van der Waals surface area contributed by atoms with Crippen molar-refractivity contribution < 1.29 is 49.7 Å². The molecule has 0 aliphatic carbocycles. The standard InChI is InChI=1S/C24H26F3NO8S/c1-12(2)9-19(14(5)13(3)4)35-23(31)34-16-10-15-7-6-8-17-20(15)18(11-16)22(30)28(21(17)29)36-37(32,33)24(25,26)27/h6-8,10-14,19H,9H2,1-5H3. The molecule has 202 valence electrons. The Balaban J connectivity index is 1.96. The third kappa shape index (κ3) is 5.87. The van der Waals surface area contributed by atoms with Gasteiger partial charge >= 0.3 is 21.8 Å². The van der Waals surface area contributed by atoms with Crippen LogP contribution in [0.2, 0.25) is 0 Å². The molecule has 0 saturated heterocycles. The van der Waals surface area contributed by atoms with E-state index in [1.165, 1.54) is 24.3 Å². The molecule has 37 heavy (non-hydrogen) atoms. The predicted octanol–water partition coefficient (Wildman–Crippen LogP) is 5.44. The van der Waals surface area contributed by atoms with Crippen LogP contribution in [0, 0.1) is 17.8 Å². The molecular formula is C24H26F3NO8S. The van der Waals surface area contributed by atoms with Gasteiger partial charge in [0.05, 0.1) is 11.1 Å². The largest absolute Gasteiger partial charge is 0.525 e. The summed E-state index contributed by atoms with van der Waals surface area (Å²) in [6.07, 6.45) is -0.956. The highest BCUT2D eigenvalue weighted by Crippen LogP contribution is 2.36.